The van der Waals surface area contributed by atoms with Gasteiger partial charge in [-0.25, -0.2) is 0 Å². The minimum absolute atomic E-state index is 0.172. The van der Waals surface area contributed by atoms with Crippen molar-refractivity contribution in [3.8, 4) is 0 Å². The van der Waals surface area contributed by atoms with Crippen LogP contribution in [0.4, 0.5) is 0 Å². The molecule has 8 heteroatoms. The molecular formula is C13H13N5O3. The van der Waals surface area contributed by atoms with Gasteiger partial charge in [0.1, 0.15) is 11.6 Å². The topological polar surface area (TPSA) is 120 Å². The summed E-state index contributed by atoms with van der Waals surface area (Å²) in [7, 11) is 0. The zero-order valence-corrected chi connectivity index (χ0v) is 11.1. The van der Waals surface area contributed by atoms with Crippen molar-refractivity contribution in [1.29, 1.82) is 0 Å². The Morgan fingerprint density at radius 1 is 1.33 bits per heavy atom. The minimum Gasteiger partial charge on any atom is -0.326 e. The first-order valence-electron chi connectivity index (χ1n) is 6.52. The number of imide groups is 1. The van der Waals surface area contributed by atoms with Crippen molar-refractivity contribution in [2.75, 3.05) is 0 Å². The first-order chi connectivity index (χ1) is 10.1. The molecular weight excluding hydrogens is 274 g/mol. The molecule has 108 valence electrons. The van der Waals surface area contributed by atoms with E-state index in [2.05, 4.69) is 15.6 Å². The van der Waals surface area contributed by atoms with Gasteiger partial charge in [-0.2, -0.15) is 4.68 Å². The normalized spacial score (nSPS) is 18.8. The number of amides is 2. The summed E-state index contributed by atoms with van der Waals surface area (Å²) in [5.41, 5.74) is 6.39. The van der Waals surface area contributed by atoms with Gasteiger partial charge in [0.05, 0.1) is 5.39 Å². The first-order valence-corrected chi connectivity index (χ1v) is 6.52. The zero-order chi connectivity index (χ0) is 15.0. The van der Waals surface area contributed by atoms with Crippen molar-refractivity contribution in [3.05, 3.63) is 34.1 Å². The van der Waals surface area contributed by atoms with Crippen molar-refractivity contribution >= 4 is 22.7 Å². The van der Waals surface area contributed by atoms with Gasteiger partial charge >= 0.3 is 0 Å². The fourth-order valence-electron chi connectivity index (χ4n) is 2.35. The molecule has 21 heavy (non-hydrogen) atoms. The van der Waals surface area contributed by atoms with Crippen molar-refractivity contribution in [2.24, 2.45) is 5.73 Å². The van der Waals surface area contributed by atoms with Gasteiger partial charge in [-0.05, 0) is 24.1 Å². The molecule has 1 aromatic carbocycles. The Morgan fingerprint density at radius 3 is 2.86 bits per heavy atom. The van der Waals surface area contributed by atoms with Gasteiger partial charge in [0.15, 0.2) is 0 Å². The fourth-order valence-corrected chi connectivity index (χ4v) is 2.35. The number of nitrogens with zero attached hydrogens (tertiary/aromatic N) is 3. The lowest BCUT2D eigenvalue weighted by molar-refractivity contribution is -0.136. The molecule has 1 aliphatic heterocycles. The van der Waals surface area contributed by atoms with E-state index in [1.54, 1.807) is 18.2 Å². The number of carbonyl (C=O) groups excluding carboxylic acids is 2. The van der Waals surface area contributed by atoms with E-state index in [1.807, 2.05) is 0 Å². The lowest BCUT2D eigenvalue weighted by Crippen LogP contribution is -2.45. The van der Waals surface area contributed by atoms with E-state index in [0.29, 0.717) is 17.4 Å². The van der Waals surface area contributed by atoms with Gasteiger partial charge in [0, 0.05) is 13.0 Å². The van der Waals surface area contributed by atoms with Crippen LogP contribution in [0.5, 0.6) is 0 Å². The standard InChI is InChI=1S/C13H13N5O3/c14-6-7-1-2-9-8(5-7)13(21)18(17-16-9)10-3-4-11(19)15-12(10)20/h1-2,5,10H,3-4,6,14H2,(H,15,19,20). The molecule has 0 saturated carbocycles. The smallest absolute Gasteiger partial charge is 0.278 e. The molecule has 2 heterocycles. The molecule has 1 aliphatic rings. The maximum absolute atomic E-state index is 12.5. The summed E-state index contributed by atoms with van der Waals surface area (Å²) in [4.78, 5) is 35.5. The second-order valence-electron chi connectivity index (χ2n) is 4.86. The van der Waals surface area contributed by atoms with Crippen LogP contribution in [0.15, 0.2) is 23.0 Å². The van der Waals surface area contributed by atoms with E-state index in [-0.39, 0.29) is 18.7 Å². The predicted molar refractivity (Wildman–Crippen MR) is 73.1 cm³/mol. The van der Waals surface area contributed by atoms with Crippen molar-refractivity contribution in [1.82, 2.24) is 20.3 Å². The number of aromatic nitrogens is 3. The molecule has 1 aromatic heterocycles. The molecule has 8 nitrogen and oxygen atoms in total. The highest BCUT2D eigenvalue weighted by molar-refractivity contribution is 5.99. The quantitative estimate of drug-likeness (QED) is 0.700. The average molecular weight is 287 g/mol. The summed E-state index contributed by atoms with van der Waals surface area (Å²) in [5.74, 6) is -0.875. The third-order valence-electron chi connectivity index (χ3n) is 3.49. The first kappa shape index (κ1) is 13.4. The minimum atomic E-state index is -0.811. The maximum atomic E-state index is 12.5. The van der Waals surface area contributed by atoms with Crippen LogP contribution in [0.3, 0.4) is 0 Å². The van der Waals surface area contributed by atoms with Gasteiger partial charge < -0.3 is 5.73 Å². The van der Waals surface area contributed by atoms with Gasteiger partial charge in [0.25, 0.3) is 11.5 Å². The van der Waals surface area contributed by atoms with E-state index in [4.69, 9.17) is 5.73 Å². The van der Waals surface area contributed by atoms with Crippen LogP contribution in [0.2, 0.25) is 0 Å². The Hall–Kier alpha value is -2.61. The Balaban J connectivity index is 2.11. The highest BCUT2D eigenvalue weighted by atomic mass is 16.2. The lowest BCUT2D eigenvalue weighted by atomic mass is 10.1. The molecule has 1 saturated heterocycles. The molecule has 1 unspecified atom stereocenters. The summed E-state index contributed by atoms with van der Waals surface area (Å²) in [6.45, 7) is 0.302. The number of piperidine rings is 1. The summed E-state index contributed by atoms with van der Waals surface area (Å²) >= 11 is 0. The molecule has 0 radical (unpaired) electrons. The van der Waals surface area contributed by atoms with Gasteiger partial charge in [0.2, 0.25) is 5.91 Å². The number of nitrogens with one attached hydrogen (secondary N) is 1. The van der Waals surface area contributed by atoms with Crippen LogP contribution in [0.1, 0.15) is 24.4 Å². The number of hydrogen-bond acceptors (Lipinski definition) is 6. The van der Waals surface area contributed by atoms with Crippen LogP contribution >= 0.6 is 0 Å². The predicted octanol–water partition coefficient (Wildman–Crippen LogP) is -0.772. The number of rotatable bonds is 2. The Labute approximate surface area is 118 Å². The van der Waals surface area contributed by atoms with Crippen LogP contribution in [0.25, 0.3) is 10.9 Å². The van der Waals surface area contributed by atoms with E-state index in [9.17, 15) is 14.4 Å². The molecule has 1 atom stereocenters. The maximum Gasteiger partial charge on any atom is 0.278 e. The highest BCUT2D eigenvalue weighted by Crippen LogP contribution is 2.16. The summed E-state index contributed by atoms with van der Waals surface area (Å²) in [6.07, 6.45) is 0.409. The molecule has 0 aliphatic carbocycles. The van der Waals surface area contributed by atoms with Crippen molar-refractivity contribution in [2.45, 2.75) is 25.4 Å². The Kier molecular flexibility index (Phi) is 3.22. The van der Waals surface area contributed by atoms with Gasteiger partial charge in [-0.3, -0.25) is 19.7 Å². The Morgan fingerprint density at radius 2 is 2.14 bits per heavy atom. The summed E-state index contributed by atoms with van der Waals surface area (Å²) in [6, 6.07) is 4.27. The van der Waals surface area contributed by atoms with E-state index in [0.717, 1.165) is 10.2 Å². The number of fused-ring (bicyclic) bond motifs is 1. The molecule has 0 spiro atoms. The van der Waals surface area contributed by atoms with E-state index < -0.39 is 17.5 Å². The molecule has 2 aromatic rings. The third-order valence-corrected chi connectivity index (χ3v) is 3.49. The SMILES string of the molecule is NCc1ccc2nnn(C3CCC(=O)NC3=O)c(=O)c2c1. The zero-order valence-electron chi connectivity index (χ0n) is 11.1. The largest absolute Gasteiger partial charge is 0.326 e. The van der Waals surface area contributed by atoms with E-state index in [1.165, 1.54) is 0 Å². The second kappa shape index (κ2) is 5.06. The number of hydrogen-bond donors (Lipinski definition) is 2. The monoisotopic (exact) mass is 287 g/mol. The van der Waals surface area contributed by atoms with Crippen LogP contribution < -0.4 is 16.6 Å². The molecule has 3 rings (SSSR count). The number of carbonyl (C=O) groups is 2. The van der Waals surface area contributed by atoms with Crippen molar-refractivity contribution < 1.29 is 9.59 Å². The molecule has 3 N–H and O–H groups in total. The van der Waals surface area contributed by atoms with Crippen LogP contribution in [-0.2, 0) is 16.1 Å². The van der Waals surface area contributed by atoms with Gasteiger partial charge in [-0.15, -0.1) is 5.10 Å². The molecule has 2 amide bonds. The average Bonchev–Trinajstić information content (AvgIpc) is 2.48. The van der Waals surface area contributed by atoms with Crippen molar-refractivity contribution in [3.63, 3.8) is 0 Å². The Bertz CT molecular complexity index is 798. The number of nitrogens with two attached hydrogens (primary N) is 1. The summed E-state index contributed by atoms with van der Waals surface area (Å²) in [5, 5.41) is 10.3. The molecule has 1 fully saturated rings. The lowest BCUT2D eigenvalue weighted by Gasteiger charge is -2.21. The van der Waals surface area contributed by atoms with Crippen LogP contribution in [-0.4, -0.2) is 26.8 Å². The molecule has 0 bridgehead atoms. The van der Waals surface area contributed by atoms with Crippen LogP contribution in [0, 0.1) is 0 Å². The fraction of sp³-hybridized carbons (Fsp3) is 0.308. The van der Waals surface area contributed by atoms with Gasteiger partial charge in [-0.1, -0.05) is 11.3 Å². The summed E-state index contributed by atoms with van der Waals surface area (Å²) < 4.78 is 1.03. The number of benzene rings is 1. The second-order valence-corrected chi connectivity index (χ2v) is 4.86. The highest BCUT2D eigenvalue weighted by Gasteiger charge is 2.30. The van der Waals surface area contributed by atoms with E-state index >= 15 is 0 Å². The third kappa shape index (κ3) is 2.29.